The molecule has 0 unspecified atom stereocenters. The third kappa shape index (κ3) is 1.61. The van der Waals surface area contributed by atoms with Gasteiger partial charge in [-0.3, -0.25) is 0 Å². The summed E-state index contributed by atoms with van der Waals surface area (Å²) in [7, 11) is 0. The van der Waals surface area contributed by atoms with Crippen molar-refractivity contribution in [3.05, 3.63) is 23.9 Å². The Hall–Kier alpha value is -1.09. The summed E-state index contributed by atoms with van der Waals surface area (Å²) in [5, 5.41) is 3.33. The minimum absolute atomic E-state index is 0.689. The largest absolute Gasteiger partial charge is 0.356 e. The predicted octanol–water partition coefficient (Wildman–Crippen LogP) is 1.37. The molecule has 0 radical (unpaired) electrons. The minimum Gasteiger partial charge on any atom is -0.356 e. The predicted molar refractivity (Wildman–Crippen MR) is 61.3 cm³/mol. The van der Waals surface area contributed by atoms with Crippen molar-refractivity contribution in [2.75, 3.05) is 31.1 Å². The van der Waals surface area contributed by atoms with Gasteiger partial charge in [0.15, 0.2) is 0 Å². The van der Waals surface area contributed by atoms with Crippen LogP contribution in [0.5, 0.6) is 0 Å². The third-order valence-electron chi connectivity index (χ3n) is 3.44. The lowest BCUT2D eigenvalue weighted by atomic mass is 9.94. The Balaban J connectivity index is 1.90. The first-order chi connectivity index (χ1) is 7.45. The van der Waals surface area contributed by atoms with Gasteiger partial charge >= 0.3 is 0 Å². The van der Waals surface area contributed by atoms with E-state index in [0.717, 1.165) is 13.1 Å². The van der Waals surface area contributed by atoms with Gasteiger partial charge in [-0.15, -0.1) is 0 Å². The summed E-state index contributed by atoms with van der Waals surface area (Å²) in [5.74, 6) is 1.93. The van der Waals surface area contributed by atoms with Crippen LogP contribution in [0.25, 0.3) is 0 Å². The molecule has 1 aromatic heterocycles. The second-order valence-corrected chi connectivity index (χ2v) is 4.47. The van der Waals surface area contributed by atoms with E-state index >= 15 is 0 Å². The number of hydrogen-bond acceptors (Lipinski definition) is 3. The normalized spacial score (nSPS) is 21.7. The van der Waals surface area contributed by atoms with E-state index < -0.39 is 0 Å². The van der Waals surface area contributed by atoms with E-state index in [-0.39, 0.29) is 0 Å². The zero-order valence-electron chi connectivity index (χ0n) is 8.95. The van der Waals surface area contributed by atoms with Gasteiger partial charge in [0.1, 0.15) is 5.82 Å². The van der Waals surface area contributed by atoms with E-state index in [0.29, 0.717) is 5.92 Å². The molecule has 1 N–H and O–H groups in total. The lowest BCUT2D eigenvalue weighted by Gasteiger charge is -2.31. The second kappa shape index (κ2) is 3.81. The molecule has 3 heterocycles. The molecule has 3 nitrogen and oxygen atoms in total. The molecule has 80 valence electrons. The van der Waals surface area contributed by atoms with Crippen LogP contribution in [0.15, 0.2) is 18.3 Å². The number of rotatable bonds is 2. The van der Waals surface area contributed by atoms with E-state index in [4.69, 9.17) is 0 Å². The fourth-order valence-corrected chi connectivity index (χ4v) is 2.43. The fraction of sp³-hybridized carbons (Fsp3) is 0.583. The molecule has 2 aliphatic heterocycles. The van der Waals surface area contributed by atoms with Gasteiger partial charge in [0.05, 0.1) is 0 Å². The summed E-state index contributed by atoms with van der Waals surface area (Å²) >= 11 is 0. The van der Waals surface area contributed by atoms with Crippen LogP contribution in [0.3, 0.4) is 0 Å². The van der Waals surface area contributed by atoms with E-state index in [1.54, 1.807) is 0 Å². The molecule has 0 bridgehead atoms. The third-order valence-corrected chi connectivity index (χ3v) is 3.44. The highest BCUT2D eigenvalue weighted by Gasteiger charge is 2.25. The topological polar surface area (TPSA) is 28.2 Å². The highest BCUT2D eigenvalue weighted by Crippen LogP contribution is 2.29. The van der Waals surface area contributed by atoms with Crippen LogP contribution < -0.4 is 10.2 Å². The molecule has 0 spiro atoms. The first kappa shape index (κ1) is 9.16. The molecule has 0 aromatic carbocycles. The van der Waals surface area contributed by atoms with Crippen LogP contribution in [-0.2, 0) is 0 Å². The zero-order valence-corrected chi connectivity index (χ0v) is 8.95. The molecule has 0 aliphatic carbocycles. The lowest BCUT2D eigenvalue weighted by Crippen LogP contribution is -2.40. The Bertz CT molecular complexity index is 340. The summed E-state index contributed by atoms with van der Waals surface area (Å²) in [6.45, 7) is 4.60. The standard InChI is InChI=1S/C12H17N3/c1-2-7-15(6-1)12-11(4-3-5-14-12)10-8-13-9-10/h3-5,10,13H,1-2,6-9H2. The molecular weight excluding hydrogens is 186 g/mol. The van der Waals surface area contributed by atoms with E-state index in [2.05, 4.69) is 27.3 Å². The number of nitrogens with one attached hydrogen (secondary N) is 1. The van der Waals surface area contributed by atoms with Crippen molar-refractivity contribution in [1.82, 2.24) is 10.3 Å². The average Bonchev–Trinajstić information content (AvgIpc) is 2.69. The molecule has 0 saturated carbocycles. The highest BCUT2D eigenvalue weighted by molar-refractivity contribution is 5.50. The summed E-state index contributed by atoms with van der Waals surface area (Å²) in [6, 6.07) is 4.30. The molecule has 15 heavy (non-hydrogen) atoms. The number of aromatic nitrogens is 1. The maximum atomic E-state index is 4.56. The molecule has 1 aromatic rings. The fourth-order valence-electron chi connectivity index (χ4n) is 2.43. The van der Waals surface area contributed by atoms with E-state index in [9.17, 15) is 0 Å². The first-order valence-corrected chi connectivity index (χ1v) is 5.86. The molecule has 3 rings (SSSR count). The lowest BCUT2D eigenvalue weighted by molar-refractivity contribution is 0.447. The Morgan fingerprint density at radius 2 is 2.07 bits per heavy atom. The Morgan fingerprint density at radius 3 is 2.73 bits per heavy atom. The molecule has 2 fully saturated rings. The van der Waals surface area contributed by atoms with Crippen LogP contribution >= 0.6 is 0 Å². The molecule has 2 saturated heterocycles. The molecule has 2 aliphatic rings. The van der Waals surface area contributed by atoms with Gasteiger partial charge in [-0.1, -0.05) is 6.07 Å². The maximum Gasteiger partial charge on any atom is 0.132 e. The first-order valence-electron chi connectivity index (χ1n) is 5.86. The monoisotopic (exact) mass is 203 g/mol. The quantitative estimate of drug-likeness (QED) is 0.787. The second-order valence-electron chi connectivity index (χ2n) is 4.47. The van der Waals surface area contributed by atoms with Crippen LogP contribution in [0.1, 0.15) is 24.3 Å². The van der Waals surface area contributed by atoms with E-state index in [1.807, 2.05) is 6.20 Å². The van der Waals surface area contributed by atoms with Gasteiger partial charge in [-0.05, 0) is 18.9 Å². The summed E-state index contributed by atoms with van der Waals surface area (Å²) in [5.41, 5.74) is 1.44. The molecule has 3 heteroatoms. The highest BCUT2D eigenvalue weighted by atomic mass is 15.2. The zero-order chi connectivity index (χ0) is 10.1. The van der Waals surface area contributed by atoms with Crippen LogP contribution in [0.4, 0.5) is 5.82 Å². The Morgan fingerprint density at radius 1 is 1.27 bits per heavy atom. The summed E-state index contributed by atoms with van der Waals surface area (Å²) < 4.78 is 0. The summed E-state index contributed by atoms with van der Waals surface area (Å²) in [4.78, 5) is 7.00. The number of hydrogen-bond donors (Lipinski definition) is 1. The van der Waals surface area contributed by atoms with Crippen molar-refractivity contribution in [2.24, 2.45) is 0 Å². The number of nitrogens with zero attached hydrogens (tertiary/aromatic N) is 2. The van der Waals surface area contributed by atoms with Crippen molar-refractivity contribution < 1.29 is 0 Å². The van der Waals surface area contributed by atoms with Gasteiger partial charge in [0, 0.05) is 43.9 Å². The van der Waals surface area contributed by atoms with Crippen LogP contribution in [-0.4, -0.2) is 31.2 Å². The molecule has 0 amide bonds. The van der Waals surface area contributed by atoms with Crippen molar-refractivity contribution in [1.29, 1.82) is 0 Å². The van der Waals surface area contributed by atoms with Crippen molar-refractivity contribution in [2.45, 2.75) is 18.8 Å². The van der Waals surface area contributed by atoms with Gasteiger partial charge in [-0.25, -0.2) is 4.98 Å². The SMILES string of the molecule is c1cnc(N2CCCC2)c(C2CNC2)c1. The average molecular weight is 203 g/mol. The van der Waals surface area contributed by atoms with Gasteiger partial charge < -0.3 is 10.2 Å². The Kier molecular flexibility index (Phi) is 2.33. The smallest absolute Gasteiger partial charge is 0.132 e. The van der Waals surface area contributed by atoms with Crippen molar-refractivity contribution in [3.8, 4) is 0 Å². The van der Waals surface area contributed by atoms with Crippen LogP contribution in [0, 0.1) is 0 Å². The van der Waals surface area contributed by atoms with Crippen LogP contribution in [0.2, 0.25) is 0 Å². The van der Waals surface area contributed by atoms with E-state index in [1.165, 1.54) is 37.3 Å². The van der Waals surface area contributed by atoms with Gasteiger partial charge in [0.25, 0.3) is 0 Å². The molecular formula is C12H17N3. The van der Waals surface area contributed by atoms with Crippen molar-refractivity contribution >= 4 is 5.82 Å². The summed E-state index contributed by atoms with van der Waals surface area (Å²) in [6.07, 6.45) is 4.56. The maximum absolute atomic E-state index is 4.56. The molecule has 0 atom stereocenters. The minimum atomic E-state index is 0.689. The number of anilines is 1. The van der Waals surface area contributed by atoms with Gasteiger partial charge in [-0.2, -0.15) is 0 Å². The number of pyridine rings is 1. The van der Waals surface area contributed by atoms with Gasteiger partial charge in [0.2, 0.25) is 0 Å². The van der Waals surface area contributed by atoms with Crippen molar-refractivity contribution in [3.63, 3.8) is 0 Å². The Labute approximate surface area is 90.5 Å².